The fourth-order valence-corrected chi connectivity index (χ4v) is 1.81. The fraction of sp³-hybridized carbons (Fsp3) is 0.600. The van der Waals surface area contributed by atoms with E-state index in [0.717, 1.165) is 5.56 Å². The van der Waals surface area contributed by atoms with Crippen LogP contribution in [0.5, 0.6) is 5.88 Å². The first-order valence-corrected chi connectivity index (χ1v) is 7.23. The van der Waals surface area contributed by atoms with Crippen LogP contribution in [-0.2, 0) is 16.0 Å². The maximum Gasteiger partial charge on any atom is 0.218 e. The van der Waals surface area contributed by atoms with Crippen molar-refractivity contribution >= 4 is 29.9 Å². The molecule has 0 saturated carbocycles. The highest BCUT2D eigenvalue weighted by Crippen LogP contribution is 2.13. The zero-order valence-corrected chi connectivity index (χ0v) is 16.5. The van der Waals surface area contributed by atoms with Crippen molar-refractivity contribution in [3.63, 3.8) is 0 Å². The summed E-state index contributed by atoms with van der Waals surface area (Å²) in [5, 5.41) is 6.48. The van der Waals surface area contributed by atoms with E-state index in [1.54, 1.807) is 27.5 Å². The van der Waals surface area contributed by atoms with Gasteiger partial charge in [0, 0.05) is 45.6 Å². The van der Waals surface area contributed by atoms with Crippen LogP contribution in [-0.4, -0.2) is 58.1 Å². The van der Waals surface area contributed by atoms with Crippen LogP contribution in [0.1, 0.15) is 12.5 Å². The Morgan fingerprint density at radius 1 is 1.30 bits per heavy atom. The molecule has 0 fully saturated rings. The summed E-state index contributed by atoms with van der Waals surface area (Å²) in [6.45, 7) is 4.20. The average Bonchev–Trinajstić information content (AvgIpc) is 2.53. The number of rotatable bonds is 9. The third-order valence-electron chi connectivity index (χ3n) is 2.85. The quantitative estimate of drug-likeness (QED) is 0.263. The highest BCUT2D eigenvalue weighted by molar-refractivity contribution is 14.0. The minimum Gasteiger partial charge on any atom is -0.475 e. The molecule has 0 aliphatic heterocycles. The third kappa shape index (κ3) is 8.92. The molecule has 0 spiro atoms. The molecule has 1 rings (SSSR count). The van der Waals surface area contributed by atoms with Gasteiger partial charge in [-0.15, -0.1) is 24.0 Å². The van der Waals surface area contributed by atoms with Gasteiger partial charge in [-0.05, 0) is 13.0 Å². The summed E-state index contributed by atoms with van der Waals surface area (Å²) in [7, 11) is 5.04. The summed E-state index contributed by atoms with van der Waals surface area (Å²) in [6, 6.07) is 4.01. The van der Waals surface area contributed by atoms with Gasteiger partial charge in [0.2, 0.25) is 5.88 Å². The Labute approximate surface area is 155 Å². The minimum absolute atomic E-state index is 0. The number of pyridine rings is 1. The topological polar surface area (TPSA) is 77.0 Å². The van der Waals surface area contributed by atoms with E-state index < -0.39 is 0 Å². The molecule has 7 nitrogen and oxygen atoms in total. The highest BCUT2D eigenvalue weighted by atomic mass is 127. The normalized spacial score (nSPS) is 12.3. The standard InChI is InChI=1S/C15H26N4O3.HI/c1-12(11-21-4)19-15(16-2)18-10-13-6-5-7-17-14(13)22-9-8-20-3;/h5-7,12H,8-11H2,1-4H3,(H2,16,18,19);1H. The molecule has 0 saturated heterocycles. The average molecular weight is 438 g/mol. The molecule has 0 aliphatic rings. The van der Waals surface area contributed by atoms with Gasteiger partial charge >= 0.3 is 0 Å². The third-order valence-corrected chi connectivity index (χ3v) is 2.85. The second kappa shape index (κ2) is 13.3. The summed E-state index contributed by atoms with van der Waals surface area (Å²) < 4.78 is 15.7. The van der Waals surface area contributed by atoms with Gasteiger partial charge < -0.3 is 24.8 Å². The number of hydrogen-bond acceptors (Lipinski definition) is 5. The minimum atomic E-state index is 0. The van der Waals surface area contributed by atoms with Crippen molar-refractivity contribution in [2.45, 2.75) is 19.5 Å². The number of hydrogen-bond donors (Lipinski definition) is 2. The number of aromatic nitrogens is 1. The van der Waals surface area contributed by atoms with Crippen LogP contribution in [0, 0.1) is 0 Å². The lowest BCUT2D eigenvalue weighted by Crippen LogP contribution is -2.43. The van der Waals surface area contributed by atoms with Gasteiger partial charge in [0.05, 0.1) is 13.2 Å². The van der Waals surface area contributed by atoms with E-state index in [2.05, 4.69) is 20.6 Å². The number of nitrogens with one attached hydrogen (secondary N) is 2. The molecule has 132 valence electrons. The summed E-state index contributed by atoms with van der Waals surface area (Å²) >= 11 is 0. The number of guanidine groups is 1. The van der Waals surface area contributed by atoms with Crippen LogP contribution in [0.4, 0.5) is 0 Å². The number of ether oxygens (including phenoxy) is 3. The Kier molecular flexibility index (Phi) is 12.7. The van der Waals surface area contributed by atoms with Crippen LogP contribution in [0.15, 0.2) is 23.3 Å². The van der Waals surface area contributed by atoms with E-state index >= 15 is 0 Å². The van der Waals surface area contributed by atoms with Crippen molar-refractivity contribution in [2.24, 2.45) is 4.99 Å². The van der Waals surface area contributed by atoms with Crippen LogP contribution in [0.3, 0.4) is 0 Å². The molecule has 0 radical (unpaired) electrons. The lowest BCUT2D eigenvalue weighted by atomic mass is 10.2. The van der Waals surface area contributed by atoms with Gasteiger partial charge in [-0.25, -0.2) is 4.98 Å². The van der Waals surface area contributed by atoms with E-state index in [0.29, 0.717) is 38.2 Å². The van der Waals surface area contributed by atoms with Crippen LogP contribution in [0.2, 0.25) is 0 Å². The van der Waals surface area contributed by atoms with Gasteiger partial charge in [0.15, 0.2) is 5.96 Å². The first kappa shape index (κ1) is 21.9. The number of methoxy groups -OCH3 is 2. The van der Waals surface area contributed by atoms with Gasteiger partial charge in [0.25, 0.3) is 0 Å². The van der Waals surface area contributed by atoms with Crippen LogP contribution < -0.4 is 15.4 Å². The van der Waals surface area contributed by atoms with Crippen molar-refractivity contribution in [3.8, 4) is 5.88 Å². The van der Waals surface area contributed by atoms with Gasteiger partial charge in [-0.1, -0.05) is 6.07 Å². The van der Waals surface area contributed by atoms with E-state index in [9.17, 15) is 0 Å². The lowest BCUT2D eigenvalue weighted by molar-refractivity contribution is 0.143. The predicted octanol–water partition coefficient (Wildman–Crippen LogP) is 1.42. The lowest BCUT2D eigenvalue weighted by Gasteiger charge is -2.17. The van der Waals surface area contributed by atoms with Crippen molar-refractivity contribution in [1.82, 2.24) is 15.6 Å². The zero-order valence-electron chi connectivity index (χ0n) is 14.2. The molecule has 23 heavy (non-hydrogen) atoms. The first-order valence-electron chi connectivity index (χ1n) is 7.23. The molecule has 1 unspecified atom stereocenters. The smallest absolute Gasteiger partial charge is 0.218 e. The second-order valence-electron chi connectivity index (χ2n) is 4.74. The summed E-state index contributed by atoms with van der Waals surface area (Å²) in [6.07, 6.45) is 1.71. The molecule has 0 bridgehead atoms. The molecule has 1 aromatic heterocycles. The fourth-order valence-electron chi connectivity index (χ4n) is 1.81. The molecule has 2 N–H and O–H groups in total. The molecule has 0 aliphatic carbocycles. The molecule has 1 atom stereocenters. The first-order chi connectivity index (χ1) is 10.7. The van der Waals surface area contributed by atoms with E-state index in [4.69, 9.17) is 14.2 Å². The van der Waals surface area contributed by atoms with Crippen LogP contribution >= 0.6 is 24.0 Å². The van der Waals surface area contributed by atoms with E-state index in [1.165, 1.54) is 0 Å². The monoisotopic (exact) mass is 438 g/mol. The Hall–Kier alpha value is -1.13. The van der Waals surface area contributed by atoms with Crippen molar-refractivity contribution in [2.75, 3.05) is 41.1 Å². The molecule has 1 aromatic rings. The van der Waals surface area contributed by atoms with Gasteiger partial charge in [0.1, 0.15) is 6.61 Å². The largest absolute Gasteiger partial charge is 0.475 e. The Morgan fingerprint density at radius 3 is 2.74 bits per heavy atom. The molecule has 0 amide bonds. The van der Waals surface area contributed by atoms with Crippen LogP contribution in [0.25, 0.3) is 0 Å². The van der Waals surface area contributed by atoms with Crippen molar-refractivity contribution < 1.29 is 14.2 Å². The summed E-state index contributed by atoms with van der Waals surface area (Å²) in [4.78, 5) is 8.43. The SMILES string of the molecule is CN=C(NCc1cccnc1OCCOC)NC(C)COC.I. The van der Waals surface area contributed by atoms with Crippen molar-refractivity contribution in [3.05, 3.63) is 23.9 Å². The molecular weight excluding hydrogens is 411 g/mol. The van der Waals surface area contributed by atoms with E-state index in [1.807, 2.05) is 19.1 Å². The Bertz CT molecular complexity index is 460. The maximum atomic E-state index is 5.61. The van der Waals surface area contributed by atoms with Gasteiger partial charge in [-0.2, -0.15) is 0 Å². The Morgan fingerprint density at radius 2 is 2.09 bits per heavy atom. The predicted molar refractivity (Wildman–Crippen MR) is 102 cm³/mol. The Balaban J connectivity index is 0.00000484. The number of aliphatic imine (C=N–C) groups is 1. The number of nitrogens with zero attached hydrogens (tertiary/aromatic N) is 2. The second-order valence-corrected chi connectivity index (χ2v) is 4.74. The van der Waals surface area contributed by atoms with Gasteiger partial charge in [-0.3, -0.25) is 4.99 Å². The molecule has 8 heteroatoms. The maximum absolute atomic E-state index is 5.61. The molecule has 0 aromatic carbocycles. The van der Waals surface area contributed by atoms with E-state index in [-0.39, 0.29) is 30.0 Å². The molecular formula is C15H27IN4O3. The highest BCUT2D eigenvalue weighted by Gasteiger charge is 2.08. The zero-order chi connectivity index (χ0) is 16.2. The molecule has 1 heterocycles. The summed E-state index contributed by atoms with van der Waals surface area (Å²) in [5.74, 6) is 1.31. The summed E-state index contributed by atoms with van der Waals surface area (Å²) in [5.41, 5.74) is 0.959. The number of halogens is 1. The van der Waals surface area contributed by atoms with Crippen molar-refractivity contribution in [1.29, 1.82) is 0 Å².